The number of carboxylic acid groups (broad SMARTS) is 1. The summed E-state index contributed by atoms with van der Waals surface area (Å²) in [6.07, 6.45) is 0.808. The molecule has 0 saturated carbocycles. The quantitative estimate of drug-likeness (QED) is 0.540. The molecular formula is C12H24N2O4. The van der Waals surface area contributed by atoms with Gasteiger partial charge in [-0.05, 0) is 18.8 Å². The molecule has 0 aliphatic carbocycles. The average Bonchev–Trinajstić information content (AvgIpc) is 2.11. The molecule has 2 atom stereocenters. The van der Waals surface area contributed by atoms with Gasteiger partial charge in [0.2, 0.25) is 5.91 Å². The largest absolute Gasteiger partial charge is 0.479 e. The lowest BCUT2D eigenvalue weighted by molar-refractivity contribution is -0.156. The van der Waals surface area contributed by atoms with Crippen molar-refractivity contribution < 1.29 is 19.8 Å². The minimum Gasteiger partial charge on any atom is -0.479 e. The van der Waals surface area contributed by atoms with E-state index in [0.717, 1.165) is 6.92 Å². The Bertz CT molecular complexity index is 308. The second-order valence-electron chi connectivity index (χ2n) is 6.08. The maximum atomic E-state index is 11.5. The number of carbonyl (C=O) groups excluding carboxylic acids is 1. The van der Waals surface area contributed by atoms with E-state index < -0.39 is 11.6 Å². The van der Waals surface area contributed by atoms with E-state index in [1.54, 1.807) is 0 Å². The summed E-state index contributed by atoms with van der Waals surface area (Å²) in [6, 6.07) is -0.278. The molecule has 106 valence electrons. The number of nitrogens with one attached hydrogen (secondary N) is 1. The van der Waals surface area contributed by atoms with Gasteiger partial charge in [0.1, 0.15) is 0 Å². The summed E-state index contributed by atoms with van der Waals surface area (Å²) in [7, 11) is 0. The van der Waals surface area contributed by atoms with Gasteiger partial charge < -0.3 is 21.3 Å². The molecule has 0 spiro atoms. The van der Waals surface area contributed by atoms with E-state index in [1.165, 1.54) is 0 Å². The summed E-state index contributed by atoms with van der Waals surface area (Å²) in [5.74, 6) is -1.73. The molecule has 6 heteroatoms. The van der Waals surface area contributed by atoms with Crippen LogP contribution in [0.3, 0.4) is 0 Å². The summed E-state index contributed by atoms with van der Waals surface area (Å²) < 4.78 is 0. The van der Waals surface area contributed by atoms with Gasteiger partial charge in [0, 0.05) is 12.5 Å². The third-order valence-corrected chi connectivity index (χ3v) is 2.41. The second-order valence-corrected chi connectivity index (χ2v) is 6.08. The standard InChI is InChI=1S/C12H24N2O4/c1-11(2,3)6-8(13)5-9(15)14-7-12(4,18)10(16)17/h8,18H,5-7,13H2,1-4H3,(H,14,15)(H,16,17). The fraction of sp³-hybridized carbons (Fsp3) is 0.833. The van der Waals surface area contributed by atoms with E-state index in [-0.39, 0.29) is 30.3 Å². The molecule has 0 aromatic heterocycles. The first-order valence-electron chi connectivity index (χ1n) is 5.92. The fourth-order valence-electron chi connectivity index (χ4n) is 1.52. The van der Waals surface area contributed by atoms with Gasteiger partial charge in [-0.25, -0.2) is 4.79 Å². The van der Waals surface area contributed by atoms with Gasteiger partial charge in [-0.15, -0.1) is 0 Å². The molecule has 0 aromatic rings. The molecular weight excluding hydrogens is 236 g/mol. The highest BCUT2D eigenvalue weighted by molar-refractivity contribution is 5.80. The topological polar surface area (TPSA) is 113 Å². The zero-order valence-corrected chi connectivity index (χ0v) is 11.5. The monoisotopic (exact) mass is 260 g/mol. The van der Waals surface area contributed by atoms with E-state index in [0.29, 0.717) is 6.42 Å². The number of hydrogen-bond acceptors (Lipinski definition) is 4. The zero-order valence-electron chi connectivity index (χ0n) is 11.5. The molecule has 2 unspecified atom stereocenters. The van der Waals surface area contributed by atoms with Gasteiger partial charge in [-0.3, -0.25) is 4.79 Å². The van der Waals surface area contributed by atoms with Crippen LogP contribution in [0.25, 0.3) is 0 Å². The predicted molar refractivity (Wildman–Crippen MR) is 67.9 cm³/mol. The van der Waals surface area contributed by atoms with Crippen LogP contribution in [0.1, 0.15) is 40.5 Å². The molecule has 0 bridgehead atoms. The number of carbonyl (C=O) groups is 2. The third-order valence-electron chi connectivity index (χ3n) is 2.41. The van der Waals surface area contributed by atoms with E-state index in [4.69, 9.17) is 10.8 Å². The molecule has 6 nitrogen and oxygen atoms in total. The maximum Gasteiger partial charge on any atom is 0.337 e. The number of rotatable bonds is 6. The zero-order chi connectivity index (χ0) is 14.6. The number of carboxylic acids is 1. The highest BCUT2D eigenvalue weighted by atomic mass is 16.4. The van der Waals surface area contributed by atoms with Crippen LogP contribution < -0.4 is 11.1 Å². The van der Waals surface area contributed by atoms with E-state index in [1.807, 2.05) is 20.8 Å². The first-order chi connectivity index (χ1) is 7.94. The highest BCUT2D eigenvalue weighted by Crippen LogP contribution is 2.20. The Balaban J connectivity index is 4.10. The fourth-order valence-corrected chi connectivity index (χ4v) is 1.52. The summed E-state index contributed by atoms with van der Waals surface area (Å²) in [4.78, 5) is 22.1. The molecule has 0 aliphatic heterocycles. The Morgan fingerprint density at radius 1 is 1.28 bits per heavy atom. The molecule has 0 aromatic carbocycles. The maximum absolute atomic E-state index is 11.5. The van der Waals surface area contributed by atoms with Crippen LogP contribution in [-0.2, 0) is 9.59 Å². The first-order valence-corrected chi connectivity index (χ1v) is 5.92. The Morgan fingerprint density at radius 2 is 1.78 bits per heavy atom. The molecule has 0 aliphatic rings. The summed E-state index contributed by atoms with van der Waals surface area (Å²) in [5.41, 5.74) is 3.90. The van der Waals surface area contributed by atoms with Crippen molar-refractivity contribution in [3.05, 3.63) is 0 Å². The molecule has 0 saturated heterocycles. The van der Waals surface area contributed by atoms with Gasteiger partial charge in [-0.1, -0.05) is 20.8 Å². The van der Waals surface area contributed by atoms with Crippen molar-refractivity contribution in [3.63, 3.8) is 0 Å². The number of nitrogens with two attached hydrogens (primary N) is 1. The Hall–Kier alpha value is -1.14. The molecule has 1 amide bonds. The Morgan fingerprint density at radius 3 is 2.17 bits per heavy atom. The normalized spacial score (nSPS) is 16.8. The number of aliphatic hydroxyl groups is 1. The van der Waals surface area contributed by atoms with Crippen molar-refractivity contribution >= 4 is 11.9 Å². The van der Waals surface area contributed by atoms with Crippen LogP contribution in [0.2, 0.25) is 0 Å². The third kappa shape index (κ3) is 7.24. The molecule has 0 fully saturated rings. The minimum absolute atomic E-state index is 0.0340. The molecule has 0 heterocycles. The second kappa shape index (κ2) is 6.15. The molecule has 0 rings (SSSR count). The smallest absolute Gasteiger partial charge is 0.337 e. The van der Waals surface area contributed by atoms with Crippen LogP contribution in [0.15, 0.2) is 0 Å². The van der Waals surface area contributed by atoms with Crippen molar-refractivity contribution in [3.8, 4) is 0 Å². The number of hydrogen-bond donors (Lipinski definition) is 4. The van der Waals surface area contributed by atoms with E-state index in [2.05, 4.69) is 5.32 Å². The van der Waals surface area contributed by atoms with E-state index in [9.17, 15) is 14.7 Å². The van der Waals surface area contributed by atoms with Crippen LogP contribution in [0, 0.1) is 5.41 Å². The van der Waals surface area contributed by atoms with Crippen LogP contribution in [-0.4, -0.2) is 40.3 Å². The summed E-state index contributed by atoms with van der Waals surface area (Å²) in [5, 5.41) is 20.4. The van der Waals surface area contributed by atoms with Gasteiger partial charge in [-0.2, -0.15) is 0 Å². The molecule has 5 N–H and O–H groups in total. The Kier molecular flexibility index (Phi) is 5.76. The molecule has 0 radical (unpaired) electrons. The predicted octanol–water partition coefficient (Wildman–Crippen LogP) is 0.0918. The average molecular weight is 260 g/mol. The van der Waals surface area contributed by atoms with Gasteiger partial charge >= 0.3 is 5.97 Å². The molecule has 18 heavy (non-hydrogen) atoms. The first kappa shape index (κ1) is 16.9. The lowest BCUT2D eigenvalue weighted by atomic mass is 9.87. The van der Waals surface area contributed by atoms with Crippen molar-refractivity contribution in [1.82, 2.24) is 5.32 Å². The number of aliphatic carboxylic acids is 1. The van der Waals surface area contributed by atoms with Crippen molar-refractivity contribution in [2.75, 3.05) is 6.54 Å². The van der Waals surface area contributed by atoms with Crippen molar-refractivity contribution in [2.45, 2.75) is 52.2 Å². The van der Waals surface area contributed by atoms with Crippen LogP contribution in [0.5, 0.6) is 0 Å². The highest BCUT2D eigenvalue weighted by Gasteiger charge is 2.30. The Labute approximate surface area is 108 Å². The summed E-state index contributed by atoms with van der Waals surface area (Å²) >= 11 is 0. The summed E-state index contributed by atoms with van der Waals surface area (Å²) in [6.45, 7) is 6.88. The van der Waals surface area contributed by atoms with Crippen LogP contribution >= 0.6 is 0 Å². The van der Waals surface area contributed by atoms with Gasteiger partial charge in [0.15, 0.2) is 5.60 Å². The number of amides is 1. The van der Waals surface area contributed by atoms with E-state index >= 15 is 0 Å². The van der Waals surface area contributed by atoms with Gasteiger partial charge in [0.05, 0.1) is 6.54 Å². The van der Waals surface area contributed by atoms with Gasteiger partial charge in [0.25, 0.3) is 0 Å². The lowest BCUT2D eigenvalue weighted by Gasteiger charge is -2.23. The minimum atomic E-state index is -1.95. The SMILES string of the molecule is CC(C)(C)CC(N)CC(=O)NCC(C)(O)C(=O)O. The lowest BCUT2D eigenvalue weighted by Crippen LogP contribution is -2.47. The van der Waals surface area contributed by atoms with Crippen LogP contribution in [0.4, 0.5) is 0 Å². The van der Waals surface area contributed by atoms with Crippen molar-refractivity contribution in [1.29, 1.82) is 0 Å². The van der Waals surface area contributed by atoms with Crippen molar-refractivity contribution in [2.24, 2.45) is 11.1 Å².